The fourth-order valence-electron chi connectivity index (χ4n) is 1.53. The summed E-state index contributed by atoms with van der Waals surface area (Å²) in [5.74, 6) is -1.22. The molecule has 1 heterocycles. The minimum Gasteiger partial charge on any atom is -0.481 e. The van der Waals surface area contributed by atoms with Gasteiger partial charge in [0.1, 0.15) is 12.7 Å². The lowest BCUT2D eigenvalue weighted by Crippen LogP contribution is -2.17. The van der Waals surface area contributed by atoms with Crippen LogP contribution >= 0.6 is 11.8 Å². The zero-order chi connectivity index (χ0) is 14.4. The number of carboxylic acid groups (broad SMARTS) is 1. The summed E-state index contributed by atoms with van der Waals surface area (Å²) in [7, 11) is 0. The summed E-state index contributed by atoms with van der Waals surface area (Å²) in [6.07, 6.45) is 2.94. The molecule has 2 rings (SSSR count). The molecule has 0 unspecified atom stereocenters. The first kappa shape index (κ1) is 14.1. The monoisotopic (exact) mass is 292 g/mol. The van der Waals surface area contributed by atoms with Crippen LogP contribution in [-0.2, 0) is 9.59 Å². The van der Waals surface area contributed by atoms with Crippen molar-refractivity contribution in [2.75, 3.05) is 16.8 Å². The number of hydrogen-bond donors (Lipinski definition) is 2. The van der Waals surface area contributed by atoms with E-state index in [1.807, 2.05) is 6.07 Å². The van der Waals surface area contributed by atoms with Gasteiger partial charge in [0.25, 0.3) is 0 Å². The van der Waals surface area contributed by atoms with Crippen LogP contribution in [0.5, 0.6) is 0 Å². The smallest absolute Gasteiger partial charge is 0.313 e. The molecule has 104 valence electrons. The normalized spacial score (nSPS) is 10.2. The SMILES string of the molecule is O=C(O)CSCC(=O)Nc1ccccc1-n1cncn1. The van der Waals surface area contributed by atoms with Crippen molar-refractivity contribution in [3.63, 3.8) is 0 Å². The van der Waals surface area contributed by atoms with E-state index in [4.69, 9.17) is 5.11 Å². The summed E-state index contributed by atoms with van der Waals surface area (Å²) in [6.45, 7) is 0. The van der Waals surface area contributed by atoms with Crippen molar-refractivity contribution in [3.05, 3.63) is 36.9 Å². The Hall–Kier alpha value is -2.35. The number of carbonyl (C=O) groups is 2. The van der Waals surface area contributed by atoms with Gasteiger partial charge in [0.2, 0.25) is 5.91 Å². The van der Waals surface area contributed by atoms with Crippen LogP contribution in [0.15, 0.2) is 36.9 Å². The maximum atomic E-state index is 11.7. The molecule has 0 aliphatic rings. The molecule has 0 saturated heterocycles. The van der Waals surface area contributed by atoms with E-state index < -0.39 is 5.97 Å². The van der Waals surface area contributed by atoms with Crippen LogP contribution < -0.4 is 5.32 Å². The number of aliphatic carboxylic acids is 1. The predicted molar refractivity (Wildman–Crippen MR) is 74.9 cm³/mol. The zero-order valence-electron chi connectivity index (χ0n) is 10.4. The number of rotatable bonds is 6. The average molecular weight is 292 g/mol. The Bertz CT molecular complexity index is 601. The van der Waals surface area contributed by atoms with Crippen LogP contribution in [-0.4, -0.2) is 43.3 Å². The van der Waals surface area contributed by atoms with Gasteiger partial charge in [0.15, 0.2) is 0 Å². The minimum absolute atomic E-state index is 0.0813. The number of para-hydroxylation sites is 2. The van der Waals surface area contributed by atoms with E-state index in [0.717, 1.165) is 11.8 Å². The summed E-state index contributed by atoms with van der Waals surface area (Å²) in [5, 5.41) is 15.3. The van der Waals surface area contributed by atoms with Crippen molar-refractivity contribution in [3.8, 4) is 5.69 Å². The lowest BCUT2D eigenvalue weighted by molar-refractivity contribution is -0.133. The Morgan fingerprint density at radius 3 is 2.80 bits per heavy atom. The second-order valence-corrected chi connectivity index (χ2v) is 4.78. The van der Waals surface area contributed by atoms with Gasteiger partial charge < -0.3 is 10.4 Å². The first-order valence-electron chi connectivity index (χ1n) is 5.70. The van der Waals surface area contributed by atoms with E-state index in [2.05, 4.69) is 15.4 Å². The quantitative estimate of drug-likeness (QED) is 0.825. The van der Waals surface area contributed by atoms with Gasteiger partial charge in [0.05, 0.1) is 22.9 Å². The molecule has 1 aromatic carbocycles. The van der Waals surface area contributed by atoms with Gasteiger partial charge >= 0.3 is 5.97 Å². The van der Waals surface area contributed by atoms with Gasteiger partial charge in [-0.1, -0.05) is 12.1 Å². The van der Waals surface area contributed by atoms with E-state index >= 15 is 0 Å². The Labute approximate surface area is 119 Å². The van der Waals surface area contributed by atoms with Gasteiger partial charge in [-0.3, -0.25) is 9.59 Å². The van der Waals surface area contributed by atoms with Crippen molar-refractivity contribution in [1.29, 1.82) is 0 Å². The molecule has 0 fully saturated rings. The number of anilines is 1. The molecule has 0 bridgehead atoms. The van der Waals surface area contributed by atoms with Gasteiger partial charge in [-0.25, -0.2) is 9.67 Å². The maximum Gasteiger partial charge on any atom is 0.313 e. The number of hydrogen-bond acceptors (Lipinski definition) is 5. The highest BCUT2D eigenvalue weighted by Gasteiger charge is 2.09. The molecule has 0 aliphatic heterocycles. The number of benzene rings is 1. The van der Waals surface area contributed by atoms with Crippen LogP contribution in [0.2, 0.25) is 0 Å². The Kier molecular flexibility index (Phi) is 4.72. The summed E-state index contributed by atoms with van der Waals surface area (Å²) >= 11 is 1.05. The Balaban J connectivity index is 2.03. The van der Waals surface area contributed by atoms with E-state index in [-0.39, 0.29) is 17.4 Å². The topological polar surface area (TPSA) is 97.1 Å². The Morgan fingerprint density at radius 1 is 1.30 bits per heavy atom. The second kappa shape index (κ2) is 6.71. The number of nitrogens with zero attached hydrogens (tertiary/aromatic N) is 3. The molecule has 1 aromatic heterocycles. The zero-order valence-corrected chi connectivity index (χ0v) is 11.2. The van der Waals surface area contributed by atoms with Crippen LogP contribution in [0.3, 0.4) is 0 Å². The molecule has 0 radical (unpaired) electrons. The van der Waals surface area contributed by atoms with Gasteiger partial charge in [-0.2, -0.15) is 5.10 Å². The van der Waals surface area contributed by atoms with Gasteiger partial charge in [-0.05, 0) is 12.1 Å². The number of aromatic nitrogens is 3. The molecule has 2 aromatic rings. The molecule has 8 heteroatoms. The molecule has 2 N–H and O–H groups in total. The lowest BCUT2D eigenvalue weighted by atomic mass is 10.2. The van der Waals surface area contributed by atoms with E-state index in [0.29, 0.717) is 11.4 Å². The fraction of sp³-hybridized carbons (Fsp3) is 0.167. The van der Waals surface area contributed by atoms with Crippen LogP contribution in [0, 0.1) is 0 Å². The van der Waals surface area contributed by atoms with E-state index in [1.54, 1.807) is 22.9 Å². The van der Waals surface area contributed by atoms with Crippen LogP contribution in [0.25, 0.3) is 5.69 Å². The lowest BCUT2D eigenvalue weighted by Gasteiger charge is -2.10. The van der Waals surface area contributed by atoms with E-state index in [1.165, 1.54) is 12.7 Å². The molecule has 20 heavy (non-hydrogen) atoms. The summed E-state index contributed by atoms with van der Waals surface area (Å²) < 4.78 is 1.54. The third kappa shape index (κ3) is 3.82. The van der Waals surface area contributed by atoms with Crippen LogP contribution in [0.1, 0.15) is 0 Å². The molecular weight excluding hydrogens is 280 g/mol. The highest BCUT2D eigenvalue weighted by atomic mass is 32.2. The predicted octanol–water partition coefficient (Wildman–Crippen LogP) is 1.02. The van der Waals surface area contributed by atoms with Crippen molar-refractivity contribution < 1.29 is 14.7 Å². The maximum absolute atomic E-state index is 11.7. The summed E-state index contributed by atoms with van der Waals surface area (Å²) in [6, 6.07) is 7.16. The second-order valence-electron chi connectivity index (χ2n) is 3.79. The van der Waals surface area contributed by atoms with Crippen molar-refractivity contribution >= 4 is 29.3 Å². The number of carbonyl (C=O) groups excluding carboxylic acids is 1. The van der Waals surface area contributed by atoms with Crippen LogP contribution in [0.4, 0.5) is 5.69 Å². The number of nitrogens with one attached hydrogen (secondary N) is 1. The number of carboxylic acids is 1. The van der Waals surface area contributed by atoms with Gasteiger partial charge in [0, 0.05) is 0 Å². The highest BCUT2D eigenvalue weighted by molar-refractivity contribution is 8.00. The molecule has 0 saturated carbocycles. The molecule has 7 nitrogen and oxygen atoms in total. The first-order valence-corrected chi connectivity index (χ1v) is 6.85. The number of thioether (sulfide) groups is 1. The standard InChI is InChI=1S/C12H12N4O3S/c17-11(5-20-6-12(18)19)15-9-3-1-2-4-10(9)16-8-13-7-14-16/h1-4,7-8H,5-6H2,(H,15,17)(H,18,19). The fourth-order valence-corrected chi connectivity index (χ4v) is 2.06. The van der Waals surface area contributed by atoms with Gasteiger partial charge in [-0.15, -0.1) is 11.8 Å². The summed E-state index contributed by atoms with van der Waals surface area (Å²) in [4.78, 5) is 26.0. The third-order valence-corrected chi connectivity index (χ3v) is 3.22. The minimum atomic E-state index is -0.939. The highest BCUT2D eigenvalue weighted by Crippen LogP contribution is 2.18. The first-order chi connectivity index (χ1) is 9.66. The number of amides is 1. The summed E-state index contributed by atoms with van der Waals surface area (Å²) in [5.41, 5.74) is 1.29. The largest absolute Gasteiger partial charge is 0.481 e. The average Bonchev–Trinajstić information content (AvgIpc) is 2.92. The van der Waals surface area contributed by atoms with Crippen molar-refractivity contribution in [2.45, 2.75) is 0 Å². The van der Waals surface area contributed by atoms with E-state index in [9.17, 15) is 9.59 Å². The molecule has 1 amide bonds. The van der Waals surface area contributed by atoms with Crippen molar-refractivity contribution in [1.82, 2.24) is 14.8 Å². The molecule has 0 spiro atoms. The van der Waals surface area contributed by atoms with Crippen molar-refractivity contribution in [2.24, 2.45) is 0 Å². The molecule has 0 aliphatic carbocycles. The third-order valence-electron chi connectivity index (χ3n) is 2.30. The Morgan fingerprint density at radius 2 is 2.10 bits per heavy atom. The molecular formula is C12H12N4O3S. The molecule has 0 atom stereocenters.